The van der Waals surface area contributed by atoms with Crippen LogP contribution in [0.2, 0.25) is 0 Å². The van der Waals surface area contributed by atoms with Gasteiger partial charge in [-0.15, -0.1) is 10.2 Å². The molecule has 3 aliphatic rings. The maximum atomic E-state index is 11.3. The van der Waals surface area contributed by atoms with Crippen LogP contribution in [0.25, 0.3) is 0 Å². The molecule has 0 radical (unpaired) electrons. The Morgan fingerprint density at radius 1 is 1.31 bits per heavy atom. The highest BCUT2D eigenvalue weighted by Crippen LogP contribution is 2.43. The molecule has 26 heavy (non-hydrogen) atoms. The van der Waals surface area contributed by atoms with Crippen LogP contribution in [-0.2, 0) is 25.4 Å². The summed E-state index contributed by atoms with van der Waals surface area (Å²) in [5.74, 6) is -1.32. The zero-order chi connectivity index (χ0) is 19.1. The summed E-state index contributed by atoms with van der Waals surface area (Å²) in [5.41, 5.74) is 2.60. The number of ether oxygens (including phenoxy) is 3. The Balaban J connectivity index is 0.000000349. The summed E-state index contributed by atoms with van der Waals surface area (Å²) < 4.78 is 53.3. The van der Waals surface area contributed by atoms with E-state index in [1.165, 1.54) is 18.1 Å². The molecule has 2 aliphatic heterocycles. The summed E-state index contributed by atoms with van der Waals surface area (Å²) in [6, 6.07) is 8.41. The first-order valence-corrected chi connectivity index (χ1v) is 9.11. The highest BCUT2D eigenvalue weighted by molar-refractivity contribution is 5.66. The Morgan fingerprint density at radius 3 is 2.62 bits per heavy atom. The SMILES string of the molecule is CC(=O)OC1(C)OC=[N+]2C1CO[C@H]1Cc3ccccc3[C@H]12.[O-][Cl+3]([O-])([O-])[O-]. The molecule has 1 fully saturated rings. The molecular weight excluding hydrogens is 370 g/mol. The van der Waals surface area contributed by atoms with E-state index in [-0.39, 0.29) is 24.2 Å². The van der Waals surface area contributed by atoms with Crippen LogP contribution in [0, 0.1) is 10.2 Å². The predicted molar refractivity (Wildman–Crippen MR) is 74.0 cm³/mol. The summed E-state index contributed by atoms with van der Waals surface area (Å²) in [7, 11) is -4.94. The molecule has 1 saturated heterocycles. The van der Waals surface area contributed by atoms with Crippen molar-refractivity contribution >= 4 is 12.4 Å². The lowest BCUT2D eigenvalue weighted by atomic mass is 10.0. The van der Waals surface area contributed by atoms with Crippen LogP contribution >= 0.6 is 0 Å². The van der Waals surface area contributed by atoms with Crippen molar-refractivity contribution in [2.24, 2.45) is 0 Å². The van der Waals surface area contributed by atoms with Gasteiger partial charge in [0, 0.05) is 25.8 Å². The molecule has 9 nitrogen and oxygen atoms in total. The van der Waals surface area contributed by atoms with Crippen molar-refractivity contribution in [3.05, 3.63) is 35.4 Å². The molecule has 2 unspecified atom stereocenters. The fourth-order valence-corrected chi connectivity index (χ4v) is 3.72. The van der Waals surface area contributed by atoms with Crippen LogP contribution in [0.5, 0.6) is 0 Å². The number of esters is 1. The van der Waals surface area contributed by atoms with Crippen LogP contribution in [-0.4, -0.2) is 41.5 Å². The van der Waals surface area contributed by atoms with E-state index < -0.39 is 16.0 Å². The highest BCUT2D eigenvalue weighted by Gasteiger charge is 2.60. The first kappa shape index (κ1) is 19.0. The molecule has 0 amide bonds. The van der Waals surface area contributed by atoms with Crippen molar-refractivity contribution < 1.29 is 52.5 Å². The normalized spacial score (nSPS) is 31.5. The van der Waals surface area contributed by atoms with Gasteiger partial charge in [-0.2, -0.15) is 4.58 Å². The van der Waals surface area contributed by atoms with Crippen molar-refractivity contribution in [3.8, 4) is 0 Å². The number of morpholine rings is 1. The molecule has 1 aliphatic carbocycles. The first-order valence-electron chi connectivity index (χ1n) is 7.88. The third kappa shape index (κ3) is 3.83. The monoisotopic (exact) mass is 387 g/mol. The van der Waals surface area contributed by atoms with Crippen molar-refractivity contribution in [3.63, 3.8) is 0 Å². The quantitative estimate of drug-likeness (QED) is 0.359. The van der Waals surface area contributed by atoms with Gasteiger partial charge in [0.05, 0.1) is 0 Å². The Kier molecular flexibility index (Phi) is 4.95. The number of nitrogens with zero attached hydrogens (tertiary/aromatic N) is 1. The van der Waals surface area contributed by atoms with Gasteiger partial charge < -0.3 is 14.2 Å². The summed E-state index contributed by atoms with van der Waals surface area (Å²) >= 11 is 0. The van der Waals surface area contributed by atoms with Gasteiger partial charge >= 0.3 is 18.2 Å². The van der Waals surface area contributed by atoms with E-state index in [1.807, 2.05) is 6.07 Å². The smallest absolute Gasteiger partial charge is 0.328 e. The summed E-state index contributed by atoms with van der Waals surface area (Å²) in [6.07, 6.45) is 2.76. The third-order valence-electron chi connectivity index (χ3n) is 4.66. The van der Waals surface area contributed by atoms with Crippen LogP contribution in [0.15, 0.2) is 24.3 Å². The largest absolute Gasteiger partial charge is 0.416 e. The number of halogens is 1. The van der Waals surface area contributed by atoms with Gasteiger partial charge in [-0.25, -0.2) is 18.6 Å². The van der Waals surface area contributed by atoms with E-state index >= 15 is 0 Å². The number of carbonyl (C=O) groups excluding carboxylic acids is 1. The lowest BCUT2D eigenvalue weighted by molar-refractivity contribution is -2.00. The molecule has 1 aromatic carbocycles. The van der Waals surface area contributed by atoms with Gasteiger partial charge in [0.15, 0.2) is 0 Å². The average molecular weight is 388 g/mol. The summed E-state index contributed by atoms with van der Waals surface area (Å²) in [4.78, 5) is 11.3. The molecule has 0 aromatic heterocycles. The minimum absolute atomic E-state index is 0.117. The van der Waals surface area contributed by atoms with Crippen molar-refractivity contribution in [1.29, 1.82) is 0 Å². The number of hydrogen-bond donors (Lipinski definition) is 0. The van der Waals surface area contributed by atoms with E-state index in [2.05, 4.69) is 22.8 Å². The van der Waals surface area contributed by atoms with Crippen molar-refractivity contribution in [2.75, 3.05) is 6.61 Å². The molecule has 2 heterocycles. The van der Waals surface area contributed by atoms with Gasteiger partial charge in [-0.1, -0.05) is 24.3 Å². The van der Waals surface area contributed by atoms with Gasteiger partial charge in [0.2, 0.25) is 6.04 Å². The molecule has 0 spiro atoms. The lowest BCUT2D eigenvalue weighted by Crippen LogP contribution is -2.68. The molecular formula is C16H18ClNO8. The number of benzene rings is 1. The Labute approximate surface area is 151 Å². The van der Waals surface area contributed by atoms with Crippen LogP contribution < -0.4 is 18.6 Å². The number of fused-ring (bicyclic) bond motifs is 5. The van der Waals surface area contributed by atoms with Crippen molar-refractivity contribution in [1.82, 2.24) is 0 Å². The molecule has 142 valence electrons. The minimum Gasteiger partial charge on any atom is -0.416 e. The average Bonchev–Trinajstić information content (AvgIpc) is 3.03. The van der Waals surface area contributed by atoms with E-state index in [9.17, 15) is 4.79 Å². The molecule has 10 heteroatoms. The molecule has 0 N–H and O–H groups in total. The molecule has 4 atom stereocenters. The number of carbonyl (C=O) groups is 1. The number of hydrogen-bond acceptors (Lipinski definition) is 8. The zero-order valence-corrected chi connectivity index (χ0v) is 14.9. The molecule has 4 rings (SSSR count). The van der Waals surface area contributed by atoms with Gasteiger partial charge in [0.1, 0.15) is 12.7 Å². The standard InChI is InChI=1S/C16H18NO4.ClHO4/c1-10(18)21-16(2)14-8-19-13-7-11-5-3-4-6-12(11)15(13)17(14)9-20-16;2-1(3,4)5/h3-6,9,13-15H,7-8H2,1-2H3;(H,2,3,4,5)/q+1;/p-1/t13-,14?,15+,16?;/m0./s1. The van der Waals surface area contributed by atoms with E-state index in [0.29, 0.717) is 6.61 Å². The van der Waals surface area contributed by atoms with Gasteiger partial charge in [0.25, 0.3) is 6.04 Å². The second kappa shape index (κ2) is 6.76. The second-order valence-corrected chi connectivity index (χ2v) is 7.15. The Hall–Kier alpha value is -1.75. The third-order valence-corrected chi connectivity index (χ3v) is 4.66. The maximum Gasteiger partial charge on any atom is 0.328 e. The summed E-state index contributed by atoms with van der Waals surface area (Å²) in [6.45, 7) is 3.68. The van der Waals surface area contributed by atoms with Gasteiger partial charge in [-0.05, 0) is 5.56 Å². The lowest BCUT2D eigenvalue weighted by Gasteiger charge is -2.32. The summed E-state index contributed by atoms with van der Waals surface area (Å²) in [5, 5.41) is 0. The highest BCUT2D eigenvalue weighted by atomic mass is 35.7. The van der Waals surface area contributed by atoms with Crippen LogP contribution in [0.1, 0.15) is 31.0 Å². The first-order chi connectivity index (χ1) is 12.1. The van der Waals surface area contributed by atoms with E-state index in [4.69, 9.17) is 32.8 Å². The Bertz CT molecular complexity index is 727. The molecule has 0 bridgehead atoms. The predicted octanol–water partition coefficient (Wildman–Crippen LogP) is -3.35. The van der Waals surface area contributed by atoms with E-state index in [1.54, 1.807) is 13.3 Å². The topological polar surface area (TPSA) is 140 Å². The fraction of sp³-hybridized carbons (Fsp3) is 0.500. The maximum absolute atomic E-state index is 11.3. The van der Waals surface area contributed by atoms with Crippen LogP contribution in [0.4, 0.5) is 0 Å². The van der Waals surface area contributed by atoms with Gasteiger partial charge in [-0.3, -0.25) is 4.79 Å². The Morgan fingerprint density at radius 2 is 1.96 bits per heavy atom. The second-order valence-electron chi connectivity index (χ2n) is 6.39. The van der Waals surface area contributed by atoms with E-state index in [0.717, 1.165) is 6.42 Å². The van der Waals surface area contributed by atoms with Crippen LogP contribution in [0.3, 0.4) is 0 Å². The van der Waals surface area contributed by atoms with Crippen molar-refractivity contribution in [2.45, 2.75) is 44.2 Å². The zero-order valence-electron chi connectivity index (χ0n) is 14.1. The molecule has 0 saturated carbocycles. The molecule has 1 aromatic rings. The minimum atomic E-state index is -4.94. The number of rotatable bonds is 1. The fourth-order valence-electron chi connectivity index (χ4n) is 3.72.